The van der Waals surface area contributed by atoms with Crippen LogP contribution in [0.4, 0.5) is 5.69 Å². The Morgan fingerprint density at radius 2 is 2.00 bits per heavy atom. The first kappa shape index (κ1) is 19.3. The lowest BCUT2D eigenvalue weighted by atomic mass is 10.0. The molecule has 1 fully saturated rings. The third kappa shape index (κ3) is 3.66. The largest absolute Gasteiger partial charge is 0.496 e. The van der Waals surface area contributed by atoms with Crippen molar-refractivity contribution < 1.29 is 18.1 Å². The highest BCUT2D eigenvalue weighted by Crippen LogP contribution is 2.34. The predicted octanol–water partition coefficient (Wildman–Crippen LogP) is 2.25. The third-order valence-corrected chi connectivity index (χ3v) is 6.57. The SMILES string of the molecule is COc1ccccc1C1CNCCN1S(=O)(=O)c1ccc([N+](=O)[O-])c(C)c1. The Morgan fingerprint density at radius 1 is 1.26 bits per heavy atom. The van der Waals surface area contributed by atoms with Crippen molar-refractivity contribution in [3.63, 3.8) is 0 Å². The van der Waals surface area contributed by atoms with Crippen LogP contribution in [0.25, 0.3) is 0 Å². The number of piperazine rings is 1. The highest BCUT2D eigenvalue weighted by atomic mass is 32.2. The van der Waals surface area contributed by atoms with Crippen LogP contribution in [0.15, 0.2) is 47.4 Å². The lowest BCUT2D eigenvalue weighted by Crippen LogP contribution is -2.48. The molecule has 0 aromatic heterocycles. The van der Waals surface area contributed by atoms with Gasteiger partial charge in [0.05, 0.1) is 23.0 Å². The van der Waals surface area contributed by atoms with Crippen molar-refractivity contribution in [2.45, 2.75) is 17.9 Å². The van der Waals surface area contributed by atoms with E-state index in [1.54, 1.807) is 13.2 Å². The zero-order valence-electron chi connectivity index (χ0n) is 15.1. The van der Waals surface area contributed by atoms with Crippen LogP contribution in [0.3, 0.4) is 0 Å². The van der Waals surface area contributed by atoms with Crippen molar-refractivity contribution in [1.29, 1.82) is 0 Å². The molecular weight excluding hydrogens is 370 g/mol. The number of nitrogens with one attached hydrogen (secondary N) is 1. The quantitative estimate of drug-likeness (QED) is 0.620. The summed E-state index contributed by atoms with van der Waals surface area (Å²) in [5, 5.41) is 14.2. The van der Waals surface area contributed by atoms with Gasteiger partial charge in [0.15, 0.2) is 0 Å². The average Bonchev–Trinajstić information content (AvgIpc) is 2.67. The predicted molar refractivity (Wildman–Crippen MR) is 100 cm³/mol. The maximum absolute atomic E-state index is 13.3. The zero-order chi connectivity index (χ0) is 19.6. The fourth-order valence-electron chi connectivity index (χ4n) is 3.31. The van der Waals surface area contributed by atoms with E-state index in [0.717, 1.165) is 5.56 Å². The van der Waals surface area contributed by atoms with E-state index < -0.39 is 21.0 Å². The van der Waals surface area contributed by atoms with Gasteiger partial charge in [0.2, 0.25) is 10.0 Å². The van der Waals surface area contributed by atoms with Crippen LogP contribution < -0.4 is 10.1 Å². The van der Waals surface area contributed by atoms with Crippen LogP contribution in [0, 0.1) is 17.0 Å². The van der Waals surface area contributed by atoms with E-state index in [4.69, 9.17) is 4.74 Å². The Labute approximate surface area is 158 Å². The summed E-state index contributed by atoms with van der Waals surface area (Å²) in [5.74, 6) is 0.617. The summed E-state index contributed by atoms with van der Waals surface area (Å²) in [6, 6.07) is 10.8. The average molecular weight is 391 g/mol. The summed E-state index contributed by atoms with van der Waals surface area (Å²) in [5.41, 5.74) is 0.981. The van der Waals surface area contributed by atoms with Crippen molar-refractivity contribution in [2.75, 3.05) is 26.7 Å². The van der Waals surface area contributed by atoms with Gasteiger partial charge in [-0.25, -0.2) is 8.42 Å². The van der Waals surface area contributed by atoms with Gasteiger partial charge in [0.1, 0.15) is 5.75 Å². The first-order valence-electron chi connectivity index (χ1n) is 8.47. The molecule has 3 rings (SSSR count). The maximum atomic E-state index is 13.3. The monoisotopic (exact) mass is 391 g/mol. The molecule has 1 N–H and O–H groups in total. The summed E-state index contributed by atoms with van der Waals surface area (Å²) in [6.07, 6.45) is 0. The smallest absolute Gasteiger partial charge is 0.272 e. The molecule has 8 nitrogen and oxygen atoms in total. The van der Waals surface area contributed by atoms with E-state index in [1.165, 1.54) is 29.4 Å². The zero-order valence-corrected chi connectivity index (χ0v) is 15.9. The molecule has 1 saturated heterocycles. The number of hydrogen-bond acceptors (Lipinski definition) is 6. The number of benzene rings is 2. The Bertz CT molecular complexity index is 961. The molecule has 2 aromatic carbocycles. The number of hydrogen-bond donors (Lipinski definition) is 1. The molecule has 1 unspecified atom stereocenters. The minimum Gasteiger partial charge on any atom is -0.496 e. The number of nitrogens with zero attached hydrogens (tertiary/aromatic N) is 2. The lowest BCUT2D eigenvalue weighted by molar-refractivity contribution is -0.385. The first-order valence-corrected chi connectivity index (χ1v) is 9.91. The molecular formula is C18H21N3O5S. The second-order valence-electron chi connectivity index (χ2n) is 6.28. The summed E-state index contributed by atoms with van der Waals surface area (Å²) in [4.78, 5) is 10.5. The molecule has 9 heteroatoms. The Morgan fingerprint density at radius 3 is 2.67 bits per heavy atom. The number of aryl methyl sites for hydroxylation is 1. The molecule has 0 radical (unpaired) electrons. The molecule has 1 aliphatic heterocycles. The van der Waals surface area contributed by atoms with Crippen molar-refractivity contribution >= 4 is 15.7 Å². The number of para-hydroxylation sites is 1. The second kappa shape index (κ2) is 7.63. The topological polar surface area (TPSA) is 102 Å². The van der Waals surface area contributed by atoms with Gasteiger partial charge in [-0.15, -0.1) is 0 Å². The molecule has 0 spiro atoms. The Hall–Kier alpha value is -2.49. The molecule has 1 atom stereocenters. The highest BCUT2D eigenvalue weighted by Gasteiger charge is 2.36. The van der Waals surface area contributed by atoms with Crippen molar-refractivity contribution in [3.05, 3.63) is 63.7 Å². The second-order valence-corrected chi connectivity index (χ2v) is 8.17. The summed E-state index contributed by atoms with van der Waals surface area (Å²) in [6.45, 7) is 2.80. The number of methoxy groups -OCH3 is 1. The van der Waals surface area contributed by atoms with E-state index in [0.29, 0.717) is 30.9 Å². The summed E-state index contributed by atoms with van der Waals surface area (Å²) >= 11 is 0. The van der Waals surface area contributed by atoms with E-state index in [9.17, 15) is 18.5 Å². The van der Waals surface area contributed by atoms with E-state index in [2.05, 4.69) is 5.32 Å². The fourth-order valence-corrected chi connectivity index (χ4v) is 5.00. The summed E-state index contributed by atoms with van der Waals surface area (Å²) in [7, 11) is -2.28. The van der Waals surface area contributed by atoms with Crippen molar-refractivity contribution in [3.8, 4) is 5.75 Å². The molecule has 144 valence electrons. The third-order valence-electron chi connectivity index (χ3n) is 4.66. The van der Waals surface area contributed by atoms with Gasteiger partial charge < -0.3 is 10.1 Å². The minimum absolute atomic E-state index is 0.0485. The van der Waals surface area contributed by atoms with E-state index in [1.807, 2.05) is 18.2 Å². The summed E-state index contributed by atoms with van der Waals surface area (Å²) < 4.78 is 33.4. The normalized spacial score (nSPS) is 18.2. The Kier molecular flexibility index (Phi) is 5.45. The van der Waals surface area contributed by atoms with Crippen LogP contribution in [0.1, 0.15) is 17.2 Å². The maximum Gasteiger partial charge on any atom is 0.272 e. The molecule has 1 aliphatic rings. The van der Waals surface area contributed by atoms with Gasteiger partial charge >= 0.3 is 0 Å². The van der Waals surface area contributed by atoms with Gasteiger partial charge in [-0.2, -0.15) is 4.31 Å². The molecule has 0 aliphatic carbocycles. The number of ether oxygens (including phenoxy) is 1. The molecule has 0 bridgehead atoms. The molecule has 0 amide bonds. The molecule has 2 aromatic rings. The number of sulfonamides is 1. The van der Waals surface area contributed by atoms with Crippen LogP contribution in [-0.4, -0.2) is 44.4 Å². The minimum atomic E-state index is -3.83. The van der Waals surface area contributed by atoms with Gasteiger partial charge in [0, 0.05) is 36.8 Å². The van der Waals surface area contributed by atoms with Gasteiger partial charge in [-0.1, -0.05) is 18.2 Å². The van der Waals surface area contributed by atoms with E-state index >= 15 is 0 Å². The number of rotatable bonds is 5. The van der Waals surface area contributed by atoms with Crippen molar-refractivity contribution in [2.24, 2.45) is 0 Å². The highest BCUT2D eigenvalue weighted by molar-refractivity contribution is 7.89. The van der Waals surface area contributed by atoms with Crippen LogP contribution in [0.2, 0.25) is 0 Å². The van der Waals surface area contributed by atoms with Gasteiger partial charge in [0.25, 0.3) is 5.69 Å². The fraction of sp³-hybridized carbons (Fsp3) is 0.333. The lowest BCUT2D eigenvalue weighted by Gasteiger charge is -2.36. The van der Waals surface area contributed by atoms with Crippen LogP contribution in [-0.2, 0) is 10.0 Å². The standard InChI is InChI=1S/C18H21N3O5S/c1-13-11-14(7-8-16(13)21(22)23)27(24,25)20-10-9-19-12-17(20)15-5-3-4-6-18(15)26-2/h3-8,11,17,19H,9-10,12H2,1-2H3. The van der Waals surface area contributed by atoms with Crippen LogP contribution in [0.5, 0.6) is 5.75 Å². The van der Waals surface area contributed by atoms with E-state index in [-0.39, 0.29) is 10.6 Å². The van der Waals surface area contributed by atoms with Gasteiger partial charge in [-0.3, -0.25) is 10.1 Å². The number of nitro benzene ring substituents is 1. The van der Waals surface area contributed by atoms with Crippen molar-refractivity contribution in [1.82, 2.24) is 9.62 Å². The first-order chi connectivity index (χ1) is 12.9. The van der Waals surface area contributed by atoms with Crippen LogP contribution >= 0.6 is 0 Å². The number of nitro groups is 1. The molecule has 0 saturated carbocycles. The molecule has 1 heterocycles. The molecule has 27 heavy (non-hydrogen) atoms. The van der Waals surface area contributed by atoms with Gasteiger partial charge in [-0.05, 0) is 25.1 Å². The Balaban J connectivity index is 2.03.